The van der Waals surface area contributed by atoms with Gasteiger partial charge in [0.25, 0.3) is 0 Å². The first kappa shape index (κ1) is 17.8. The zero-order valence-corrected chi connectivity index (χ0v) is 16.3. The fourth-order valence-corrected chi connectivity index (χ4v) is 4.47. The van der Waals surface area contributed by atoms with Crippen LogP contribution < -0.4 is 5.43 Å². The number of pyridine rings is 1. The van der Waals surface area contributed by atoms with Crippen LogP contribution in [0.3, 0.4) is 0 Å². The number of hydrogen-bond acceptors (Lipinski definition) is 2. The predicted molar refractivity (Wildman–Crippen MR) is 107 cm³/mol. The highest BCUT2D eigenvalue weighted by Gasteiger charge is 2.37. The van der Waals surface area contributed by atoms with Crippen LogP contribution in [0.2, 0.25) is 0 Å². The van der Waals surface area contributed by atoms with Crippen molar-refractivity contribution < 1.29 is 9.90 Å². The number of nitrogens with zero attached hydrogens (tertiary/aromatic N) is 1. The summed E-state index contributed by atoms with van der Waals surface area (Å²) in [4.78, 5) is 23.9. The first-order chi connectivity index (χ1) is 12.7. The van der Waals surface area contributed by atoms with E-state index in [1.165, 1.54) is 33.9 Å². The number of rotatable bonds is 2. The molecule has 0 spiro atoms. The first-order valence-electron chi connectivity index (χ1n) is 9.54. The molecule has 4 rings (SSSR count). The quantitative estimate of drug-likeness (QED) is 0.850. The van der Waals surface area contributed by atoms with E-state index in [0.29, 0.717) is 0 Å². The van der Waals surface area contributed by atoms with E-state index in [1.54, 1.807) is 6.20 Å². The van der Waals surface area contributed by atoms with Crippen molar-refractivity contribution in [3.05, 3.63) is 68.6 Å². The van der Waals surface area contributed by atoms with Gasteiger partial charge in [0, 0.05) is 30.4 Å². The minimum atomic E-state index is -1.16. The van der Waals surface area contributed by atoms with Crippen LogP contribution in [0.5, 0.6) is 0 Å². The Morgan fingerprint density at radius 2 is 1.96 bits per heavy atom. The van der Waals surface area contributed by atoms with Crippen molar-refractivity contribution in [2.24, 2.45) is 5.41 Å². The van der Waals surface area contributed by atoms with Crippen LogP contribution in [-0.4, -0.2) is 15.6 Å². The summed E-state index contributed by atoms with van der Waals surface area (Å²) in [5.41, 5.74) is 6.65. The van der Waals surface area contributed by atoms with Crippen LogP contribution in [0.25, 0.3) is 11.1 Å². The van der Waals surface area contributed by atoms with E-state index in [0.717, 1.165) is 25.0 Å². The van der Waals surface area contributed by atoms with Gasteiger partial charge < -0.3 is 9.67 Å². The lowest BCUT2D eigenvalue weighted by Crippen LogP contribution is -2.32. The van der Waals surface area contributed by atoms with Crippen LogP contribution >= 0.6 is 0 Å². The minimum absolute atomic E-state index is 0.0652. The van der Waals surface area contributed by atoms with Gasteiger partial charge in [-0.15, -0.1) is 0 Å². The highest BCUT2D eigenvalue weighted by molar-refractivity contribution is 5.98. The molecule has 1 aromatic heterocycles. The van der Waals surface area contributed by atoms with Gasteiger partial charge in [-0.3, -0.25) is 4.79 Å². The van der Waals surface area contributed by atoms with E-state index in [1.807, 2.05) is 4.57 Å². The third kappa shape index (κ3) is 2.75. The number of aromatic carboxylic acids is 1. The van der Waals surface area contributed by atoms with Crippen LogP contribution in [0.4, 0.5) is 0 Å². The van der Waals surface area contributed by atoms with E-state index >= 15 is 0 Å². The molecule has 1 aliphatic carbocycles. The number of fused-ring (bicyclic) bond motifs is 4. The second-order valence-electron chi connectivity index (χ2n) is 8.71. The monoisotopic (exact) mass is 363 g/mol. The number of aryl methyl sites for hydroxylation is 1. The van der Waals surface area contributed by atoms with Crippen molar-refractivity contribution in [1.29, 1.82) is 0 Å². The Kier molecular flexibility index (Phi) is 3.91. The van der Waals surface area contributed by atoms with Crippen molar-refractivity contribution in [1.82, 2.24) is 4.57 Å². The predicted octanol–water partition coefficient (Wildman–Crippen LogP) is 4.57. The summed E-state index contributed by atoms with van der Waals surface area (Å²) in [7, 11) is 0. The maximum atomic E-state index is 12.4. The van der Waals surface area contributed by atoms with E-state index in [2.05, 4.69) is 45.9 Å². The molecule has 0 bridgehead atoms. The van der Waals surface area contributed by atoms with Gasteiger partial charge in [-0.1, -0.05) is 45.9 Å². The zero-order valence-electron chi connectivity index (χ0n) is 16.3. The molecule has 0 saturated carbocycles. The molecule has 4 heteroatoms. The number of allylic oxidation sites excluding steroid dienone is 2. The average molecular weight is 363 g/mol. The molecule has 1 aliphatic heterocycles. The summed E-state index contributed by atoms with van der Waals surface area (Å²) in [5.74, 6) is -1.16. The zero-order chi connectivity index (χ0) is 19.5. The Bertz CT molecular complexity index is 1050. The first-order valence-corrected chi connectivity index (χ1v) is 9.54. The van der Waals surface area contributed by atoms with Crippen molar-refractivity contribution >= 4 is 17.1 Å². The molecule has 0 fully saturated rings. The standard InChI is InChI=1S/C23H25NO3/c1-5-13-6-7-15-14(8-13)9-17-16(15)10-21(23(2,3)4)24-12-18(22(26)27)20(25)11-19(17)24/h6-8,11-12,21H,5,9-10H2,1-4H3,(H,26,27)/t21-/m0/s1. The third-order valence-electron chi connectivity index (χ3n) is 5.99. The van der Waals surface area contributed by atoms with Gasteiger partial charge in [-0.25, -0.2) is 4.79 Å². The van der Waals surface area contributed by atoms with Gasteiger partial charge in [0.2, 0.25) is 0 Å². The molecule has 1 N–H and O–H groups in total. The van der Waals surface area contributed by atoms with Crippen molar-refractivity contribution in [2.45, 2.75) is 53.0 Å². The Labute approximate surface area is 159 Å². The smallest absolute Gasteiger partial charge is 0.341 e. The van der Waals surface area contributed by atoms with E-state index in [-0.39, 0.29) is 17.0 Å². The van der Waals surface area contributed by atoms with E-state index in [4.69, 9.17) is 0 Å². The molecule has 0 radical (unpaired) electrons. The second kappa shape index (κ2) is 5.95. The van der Waals surface area contributed by atoms with Crippen LogP contribution in [-0.2, 0) is 12.8 Å². The lowest BCUT2D eigenvalue weighted by Gasteiger charge is -2.39. The lowest BCUT2D eigenvalue weighted by atomic mass is 9.78. The maximum absolute atomic E-state index is 12.4. The Morgan fingerprint density at radius 3 is 2.59 bits per heavy atom. The Morgan fingerprint density at radius 1 is 1.22 bits per heavy atom. The molecule has 2 aromatic rings. The summed E-state index contributed by atoms with van der Waals surface area (Å²) < 4.78 is 2.04. The molecule has 140 valence electrons. The molecule has 1 atom stereocenters. The lowest BCUT2D eigenvalue weighted by molar-refractivity contribution is 0.0693. The number of carboxylic acids is 1. The molecule has 0 amide bonds. The maximum Gasteiger partial charge on any atom is 0.341 e. The summed E-state index contributed by atoms with van der Waals surface area (Å²) in [6.07, 6.45) is 4.22. The number of hydrogen-bond donors (Lipinski definition) is 1. The van der Waals surface area contributed by atoms with E-state index < -0.39 is 11.4 Å². The van der Waals surface area contributed by atoms with Gasteiger partial charge in [0.15, 0.2) is 5.43 Å². The van der Waals surface area contributed by atoms with Gasteiger partial charge >= 0.3 is 5.97 Å². The van der Waals surface area contributed by atoms with Crippen molar-refractivity contribution in [3.63, 3.8) is 0 Å². The number of aromatic nitrogens is 1. The fraction of sp³-hybridized carbons (Fsp3) is 0.391. The highest BCUT2D eigenvalue weighted by Crippen LogP contribution is 2.50. The van der Waals surface area contributed by atoms with E-state index in [9.17, 15) is 14.7 Å². The van der Waals surface area contributed by atoms with Gasteiger partial charge in [-0.2, -0.15) is 0 Å². The molecule has 27 heavy (non-hydrogen) atoms. The van der Waals surface area contributed by atoms with Crippen molar-refractivity contribution in [2.75, 3.05) is 0 Å². The van der Waals surface area contributed by atoms with Gasteiger partial charge in [-0.05, 0) is 46.1 Å². The largest absolute Gasteiger partial charge is 0.477 e. The number of carbonyl (C=O) groups is 1. The van der Waals surface area contributed by atoms with Crippen LogP contribution in [0.1, 0.15) is 72.9 Å². The molecular weight excluding hydrogens is 338 g/mol. The molecule has 1 aromatic carbocycles. The Balaban J connectivity index is 1.94. The topological polar surface area (TPSA) is 59.3 Å². The van der Waals surface area contributed by atoms with Gasteiger partial charge in [0.05, 0.1) is 0 Å². The van der Waals surface area contributed by atoms with Crippen molar-refractivity contribution in [3.8, 4) is 0 Å². The van der Waals surface area contributed by atoms with Crippen LogP contribution in [0, 0.1) is 5.41 Å². The molecule has 2 aliphatic rings. The second-order valence-corrected chi connectivity index (χ2v) is 8.71. The average Bonchev–Trinajstić information content (AvgIpc) is 2.97. The molecule has 0 unspecified atom stereocenters. The minimum Gasteiger partial charge on any atom is -0.477 e. The fourth-order valence-electron chi connectivity index (χ4n) is 4.47. The molecule has 2 heterocycles. The molecule has 0 saturated heterocycles. The summed E-state index contributed by atoms with van der Waals surface area (Å²) in [6.45, 7) is 8.66. The highest BCUT2D eigenvalue weighted by atomic mass is 16.4. The normalized spacial score (nSPS) is 18.1. The number of benzene rings is 1. The van der Waals surface area contributed by atoms with Crippen LogP contribution in [0.15, 0.2) is 35.3 Å². The molecule has 4 nitrogen and oxygen atoms in total. The third-order valence-corrected chi connectivity index (χ3v) is 5.99. The summed E-state index contributed by atoms with van der Waals surface area (Å²) in [6, 6.07) is 8.31. The summed E-state index contributed by atoms with van der Waals surface area (Å²) >= 11 is 0. The number of carboxylic acid groups (broad SMARTS) is 1. The molecular formula is C23H25NO3. The summed E-state index contributed by atoms with van der Waals surface area (Å²) in [5, 5.41) is 9.42. The Hall–Kier alpha value is -2.62. The SMILES string of the molecule is CCc1ccc2c(c1)CC1=C2C[C@@H](C(C)(C)C)n2cc(C(=O)O)c(=O)cc21. The van der Waals surface area contributed by atoms with Gasteiger partial charge in [0.1, 0.15) is 5.56 Å².